The molecule has 0 radical (unpaired) electrons. The third-order valence-corrected chi connectivity index (χ3v) is 4.10. The van der Waals surface area contributed by atoms with E-state index in [1.165, 1.54) is 23.5 Å². The monoisotopic (exact) mass is 361 g/mol. The number of amides is 1. The van der Waals surface area contributed by atoms with Gasteiger partial charge in [-0.2, -0.15) is 17.0 Å². The Kier molecular flexibility index (Phi) is 9.87. The summed E-state index contributed by atoms with van der Waals surface area (Å²) in [5, 5.41) is 23.5. The largest absolute Gasteiger partial charge is 0.480 e. The molecule has 1 aromatic rings. The number of carbonyl (C=O) groups excluding carboxylic acids is 1. The van der Waals surface area contributed by atoms with Crippen LogP contribution in [0, 0.1) is 11.3 Å². The van der Waals surface area contributed by atoms with Crippen LogP contribution in [-0.4, -0.2) is 41.6 Å². The van der Waals surface area contributed by atoms with Crippen LogP contribution in [0.5, 0.6) is 0 Å². The average Bonchev–Trinajstić information content (AvgIpc) is 2.62. The van der Waals surface area contributed by atoms with Gasteiger partial charge >= 0.3 is 5.97 Å². The molecular formula is C18H23N3O3S. The number of hydrogen-bond acceptors (Lipinski definition) is 5. The van der Waals surface area contributed by atoms with Crippen LogP contribution in [0.1, 0.15) is 18.4 Å². The average molecular weight is 361 g/mol. The first-order chi connectivity index (χ1) is 12.1. The molecule has 0 saturated carbocycles. The van der Waals surface area contributed by atoms with Crippen LogP contribution in [0.15, 0.2) is 42.1 Å². The first kappa shape index (κ1) is 20.6. The number of hydrogen-bond donors (Lipinski definition) is 3. The molecule has 0 saturated heterocycles. The quantitative estimate of drug-likeness (QED) is 0.316. The van der Waals surface area contributed by atoms with Gasteiger partial charge in [-0.25, -0.2) is 4.79 Å². The fourth-order valence-corrected chi connectivity index (χ4v) is 2.56. The molecule has 1 aromatic carbocycles. The molecule has 0 bridgehead atoms. The second kappa shape index (κ2) is 12.0. The standard InChI is InChI=1S/C18H23N3O3S/c1-25-11-9-16(18(23)24)21-17(22)15(12-19)13-20-10-5-8-14-6-3-2-4-7-14/h2-4,6-7,13,16,20H,5,8-11H2,1H3,(H,21,22)(H,23,24)/b15-13-. The lowest BCUT2D eigenvalue weighted by atomic mass is 10.1. The van der Waals surface area contributed by atoms with E-state index in [9.17, 15) is 9.59 Å². The number of nitrogens with one attached hydrogen (secondary N) is 2. The van der Waals surface area contributed by atoms with Crippen LogP contribution in [0.2, 0.25) is 0 Å². The fraction of sp³-hybridized carbons (Fsp3) is 0.389. The Morgan fingerprint density at radius 3 is 2.68 bits per heavy atom. The SMILES string of the molecule is CSCCC(NC(=O)/C(C#N)=C\NCCCc1ccccc1)C(=O)O. The van der Waals surface area contributed by atoms with E-state index in [4.69, 9.17) is 10.4 Å². The number of aliphatic carboxylic acids is 1. The topological polar surface area (TPSA) is 102 Å². The summed E-state index contributed by atoms with van der Waals surface area (Å²) < 4.78 is 0. The van der Waals surface area contributed by atoms with Gasteiger partial charge in [-0.3, -0.25) is 4.79 Å². The molecule has 1 rings (SSSR count). The summed E-state index contributed by atoms with van der Waals surface area (Å²) in [6.07, 6.45) is 5.26. The van der Waals surface area contributed by atoms with Crippen molar-refractivity contribution in [1.29, 1.82) is 5.26 Å². The number of nitrogens with zero attached hydrogens (tertiary/aromatic N) is 1. The minimum Gasteiger partial charge on any atom is -0.480 e. The number of carbonyl (C=O) groups is 2. The third kappa shape index (κ3) is 8.27. The molecule has 0 aliphatic rings. The van der Waals surface area contributed by atoms with E-state index in [0.29, 0.717) is 18.7 Å². The lowest BCUT2D eigenvalue weighted by Crippen LogP contribution is -2.41. The van der Waals surface area contributed by atoms with Gasteiger partial charge in [-0.1, -0.05) is 30.3 Å². The van der Waals surface area contributed by atoms with Crippen molar-refractivity contribution in [2.45, 2.75) is 25.3 Å². The smallest absolute Gasteiger partial charge is 0.326 e. The molecule has 0 aliphatic carbocycles. The zero-order valence-corrected chi connectivity index (χ0v) is 15.0. The highest BCUT2D eigenvalue weighted by atomic mass is 32.2. The van der Waals surface area contributed by atoms with Gasteiger partial charge in [0.25, 0.3) is 5.91 Å². The van der Waals surface area contributed by atoms with Gasteiger partial charge in [0.2, 0.25) is 0 Å². The summed E-state index contributed by atoms with van der Waals surface area (Å²) >= 11 is 1.50. The van der Waals surface area contributed by atoms with Crippen molar-refractivity contribution >= 4 is 23.6 Å². The maximum atomic E-state index is 12.0. The van der Waals surface area contributed by atoms with E-state index < -0.39 is 17.9 Å². The lowest BCUT2D eigenvalue weighted by molar-refractivity contribution is -0.141. The molecule has 0 heterocycles. The molecular weight excluding hydrogens is 338 g/mol. The molecule has 1 amide bonds. The summed E-state index contributed by atoms with van der Waals surface area (Å²) in [6.45, 7) is 0.613. The Bertz CT molecular complexity index is 626. The van der Waals surface area contributed by atoms with Crippen LogP contribution >= 0.6 is 11.8 Å². The second-order valence-electron chi connectivity index (χ2n) is 5.36. The zero-order valence-electron chi connectivity index (χ0n) is 14.2. The zero-order chi connectivity index (χ0) is 18.5. The van der Waals surface area contributed by atoms with E-state index in [2.05, 4.69) is 10.6 Å². The molecule has 25 heavy (non-hydrogen) atoms. The van der Waals surface area contributed by atoms with E-state index in [0.717, 1.165) is 12.8 Å². The number of benzene rings is 1. The first-order valence-corrected chi connectivity index (χ1v) is 9.38. The van der Waals surface area contributed by atoms with Gasteiger partial charge in [0.15, 0.2) is 0 Å². The van der Waals surface area contributed by atoms with Gasteiger partial charge in [-0.15, -0.1) is 0 Å². The summed E-state index contributed by atoms with van der Waals surface area (Å²) in [7, 11) is 0. The molecule has 1 unspecified atom stereocenters. The minimum absolute atomic E-state index is 0.130. The van der Waals surface area contributed by atoms with Crippen molar-refractivity contribution in [2.24, 2.45) is 0 Å². The fourth-order valence-electron chi connectivity index (χ4n) is 2.09. The van der Waals surface area contributed by atoms with Gasteiger partial charge in [0.05, 0.1) is 0 Å². The number of carboxylic acids is 1. The van der Waals surface area contributed by atoms with Crippen LogP contribution in [0.4, 0.5) is 0 Å². The van der Waals surface area contributed by atoms with Crippen molar-refractivity contribution in [1.82, 2.24) is 10.6 Å². The van der Waals surface area contributed by atoms with Crippen molar-refractivity contribution in [2.75, 3.05) is 18.6 Å². The molecule has 3 N–H and O–H groups in total. The number of thioether (sulfide) groups is 1. The van der Waals surface area contributed by atoms with Crippen LogP contribution in [0.3, 0.4) is 0 Å². The second-order valence-corrected chi connectivity index (χ2v) is 6.34. The Morgan fingerprint density at radius 2 is 2.08 bits per heavy atom. The van der Waals surface area contributed by atoms with Crippen LogP contribution in [-0.2, 0) is 16.0 Å². The van der Waals surface area contributed by atoms with E-state index >= 15 is 0 Å². The van der Waals surface area contributed by atoms with Crippen molar-refractivity contribution in [3.05, 3.63) is 47.7 Å². The minimum atomic E-state index is -1.10. The molecule has 134 valence electrons. The van der Waals surface area contributed by atoms with Crippen molar-refractivity contribution < 1.29 is 14.7 Å². The third-order valence-electron chi connectivity index (χ3n) is 3.45. The number of carboxylic acid groups (broad SMARTS) is 1. The number of aryl methyl sites for hydroxylation is 1. The summed E-state index contributed by atoms with van der Waals surface area (Å²) in [5.74, 6) is -1.16. The highest BCUT2D eigenvalue weighted by Gasteiger charge is 2.21. The molecule has 0 fully saturated rings. The van der Waals surface area contributed by atoms with Gasteiger partial charge in [-0.05, 0) is 36.8 Å². The first-order valence-electron chi connectivity index (χ1n) is 7.98. The highest BCUT2D eigenvalue weighted by Crippen LogP contribution is 2.03. The Labute approximate surface area is 152 Å². The molecule has 7 heteroatoms. The molecule has 0 spiro atoms. The Balaban J connectivity index is 2.44. The van der Waals surface area contributed by atoms with E-state index in [-0.39, 0.29) is 5.57 Å². The highest BCUT2D eigenvalue weighted by molar-refractivity contribution is 7.98. The van der Waals surface area contributed by atoms with E-state index in [1.54, 1.807) is 6.07 Å². The molecule has 0 aliphatic heterocycles. The molecule has 0 aromatic heterocycles. The Hall–Kier alpha value is -2.46. The predicted molar refractivity (Wildman–Crippen MR) is 99.0 cm³/mol. The normalized spacial score (nSPS) is 12.1. The van der Waals surface area contributed by atoms with Crippen LogP contribution < -0.4 is 10.6 Å². The lowest BCUT2D eigenvalue weighted by Gasteiger charge is -2.13. The summed E-state index contributed by atoms with van der Waals surface area (Å²) in [4.78, 5) is 23.2. The summed E-state index contributed by atoms with van der Waals surface area (Å²) in [5.41, 5.74) is 1.10. The van der Waals surface area contributed by atoms with Gasteiger partial charge < -0.3 is 15.7 Å². The van der Waals surface area contributed by atoms with Crippen molar-refractivity contribution in [3.8, 4) is 6.07 Å². The van der Waals surface area contributed by atoms with E-state index in [1.807, 2.05) is 36.6 Å². The predicted octanol–water partition coefficient (Wildman–Crippen LogP) is 1.94. The maximum Gasteiger partial charge on any atom is 0.326 e. The van der Waals surface area contributed by atoms with Gasteiger partial charge in [0.1, 0.15) is 17.7 Å². The number of rotatable bonds is 11. The summed E-state index contributed by atoms with van der Waals surface area (Å²) in [6, 6.07) is 10.8. The maximum absolute atomic E-state index is 12.0. The van der Waals surface area contributed by atoms with Crippen LogP contribution in [0.25, 0.3) is 0 Å². The van der Waals surface area contributed by atoms with Gasteiger partial charge in [0, 0.05) is 12.7 Å². The number of nitriles is 1. The molecule has 6 nitrogen and oxygen atoms in total. The molecule has 1 atom stereocenters. The van der Waals surface area contributed by atoms with Crippen molar-refractivity contribution in [3.63, 3.8) is 0 Å². The Morgan fingerprint density at radius 1 is 1.36 bits per heavy atom.